The highest BCUT2D eigenvalue weighted by Gasteiger charge is 2.34. The number of nitrogens with one attached hydrogen (secondary N) is 1. The molecule has 0 aromatic heterocycles. The number of rotatable bonds is 14. The molecule has 0 aliphatic carbocycles. The van der Waals surface area contributed by atoms with Crippen molar-refractivity contribution in [2.45, 2.75) is 44.7 Å². The highest BCUT2D eigenvalue weighted by atomic mass is 35.5. The number of methoxy groups -OCH3 is 2. The molecule has 1 N–H and O–H groups in total. The zero-order valence-corrected chi connectivity index (χ0v) is 27.2. The van der Waals surface area contributed by atoms with Crippen molar-refractivity contribution in [2.75, 3.05) is 31.6 Å². The van der Waals surface area contributed by atoms with E-state index in [0.717, 1.165) is 4.31 Å². The van der Waals surface area contributed by atoms with Gasteiger partial charge in [0.05, 0.1) is 24.8 Å². The number of amides is 2. The van der Waals surface area contributed by atoms with Crippen LogP contribution in [0.5, 0.6) is 11.5 Å². The summed E-state index contributed by atoms with van der Waals surface area (Å²) in [4.78, 5) is 28.8. The summed E-state index contributed by atoms with van der Waals surface area (Å²) in [5.41, 5.74) is 0.830. The minimum absolute atomic E-state index is 0.0402. The van der Waals surface area contributed by atoms with Crippen LogP contribution in [-0.4, -0.2) is 58.5 Å². The van der Waals surface area contributed by atoms with Crippen molar-refractivity contribution in [3.8, 4) is 11.5 Å². The van der Waals surface area contributed by atoms with E-state index in [1.165, 1.54) is 37.3 Å². The molecule has 0 heterocycles. The number of sulfonamides is 1. The molecule has 3 aromatic rings. The summed E-state index contributed by atoms with van der Waals surface area (Å²) in [6.45, 7) is 5.52. The lowest BCUT2D eigenvalue weighted by Gasteiger charge is -2.33. The van der Waals surface area contributed by atoms with E-state index in [0.29, 0.717) is 27.9 Å². The van der Waals surface area contributed by atoms with Crippen LogP contribution in [0.15, 0.2) is 71.6 Å². The lowest BCUT2D eigenvalue weighted by molar-refractivity contribution is -0.140. The minimum atomic E-state index is -4.29. The number of carbonyl (C=O) groups is 2. The van der Waals surface area contributed by atoms with E-state index in [2.05, 4.69) is 5.32 Å². The largest absolute Gasteiger partial charge is 0.493 e. The summed E-state index contributed by atoms with van der Waals surface area (Å²) < 4.78 is 39.8. The summed E-state index contributed by atoms with van der Waals surface area (Å²) in [6.07, 6.45) is 0.286. The van der Waals surface area contributed by atoms with Gasteiger partial charge in [-0.3, -0.25) is 13.9 Å². The number of nitrogens with zero attached hydrogens (tertiary/aromatic N) is 2. The van der Waals surface area contributed by atoms with Gasteiger partial charge in [0.25, 0.3) is 10.0 Å². The van der Waals surface area contributed by atoms with Gasteiger partial charge in [0, 0.05) is 29.2 Å². The average molecular weight is 651 g/mol. The maximum absolute atomic E-state index is 14.2. The van der Waals surface area contributed by atoms with Crippen molar-refractivity contribution in [2.24, 2.45) is 5.92 Å². The fourth-order valence-corrected chi connectivity index (χ4v) is 6.30. The van der Waals surface area contributed by atoms with Crippen LogP contribution in [0.2, 0.25) is 10.0 Å². The molecule has 9 nitrogen and oxygen atoms in total. The van der Waals surface area contributed by atoms with Gasteiger partial charge in [-0.05, 0) is 54.3 Å². The monoisotopic (exact) mass is 649 g/mol. The normalized spacial score (nSPS) is 12.0. The van der Waals surface area contributed by atoms with Gasteiger partial charge in [-0.2, -0.15) is 0 Å². The van der Waals surface area contributed by atoms with Gasteiger partial charge in [-0.15, -0.1) is 0 Å². The second kappa shape index (κ2) is 15.3. The Morgan fingerprint density at radius 3 is 2.19 bits per heavy atom. The van der Waals surface area contributed by atoms with Crippen LogP contribution in [0.1, 0.15) is 32.8 Å². The molecule has 0 aliphatic heterocycles. The van der Waals surface area contributed by atoms with Crippen molar-refractivity contribution < 1.29 is 27.5 Å². The molecule has 0 unspecified atom stereocenters. The lowest BCUT2D eigenvalue weighted by atomic mass is 10.1. The molecule has 3 rings (SSSR count). The molecule has 43 heavy (non-hydrogen) atoms. The van der Waals surface area contributed by atoms with Crippen LogP contribution in [-0.2, 0) is 26.2 Å². The topological polar surface area (TPSA) is 105 Å². The maximum atomic E-state index is 14.2. The van der Waals surface area contributed by atoms with Crippen LogP contribution >= 0.6 is 23.2 Å². The quantitative estimate of drug-likeness (QED) is 0.237. The molecule has 0 fully saturated rings. The van der Waals surface area contributed by atoms with E-state index < -0.39 is 28.5 Å². The number of benzene rings is 3. The van der Waals surface area contributed by atoms with E-state index in [-0.39, 0.29) is 41.1 Å². The molecular formula is C31H37Cl2N3O6S. The van der Waals surface area contributed by atoms with Gasteiger partial charge in [-0.1, -0.05) is 68.2 Å². The number of carbonyl (C=O) groups excluding carboxylic acids is 2. The molecule has 2 amide bonds. The number of anilines is 1. The van der Waals surface area contributed by atoms with Gasteiger partial charge in [0.1, 0.15) is 12.6 Å². The van der Waals surface area contributed by atoms with E-state index in [1.54, 1.807) is 55.5 Å². The van der Waals surface area contributed by atoms with Crippen LogP contribution in [0.3, 0.4) is 0 Å². The molecule has 3 aromatic carbocycles. The van der Waals surface area contributed by atoms with E-state index in [9.17, 15) is 18.0 Å². The maximum Gasteiger partial charge on any atom is 0.264 e. The van der Waals surface area contributed by atoms with Gasteiger partial charge in [0.2, 0.25) is 11.8 Å². The summed E-state index contributed by atoms with van der Waals surface area (Å²) in [5, 5.41) is 3.64. The Hall–Kier alpha value is -3.47. The molecule has 12 heteroatoms. The Morgan fingerprint density at radius 2 is 1.60 bits per heavy atom. The van der Waals surface area contributed by atoms with E-state index in [1.807, 2.05) is 13.8 Å². The zero-order valence-electron chi connectivity index (χ0n) is 24.8. The molecule has 232 valence electrons. The Labute approximate surface area is 263 Å². The van der Waals surface area contributed by atoms with Gasteiger partial charge in [-0.25, -0.2) is 8.42 Å². The first-order valence-corrected chi connectivity index (χ1v) is 15.9. The van der Waals surface area contributed by atoms with Crippen LogP contribution in [0.25, 0.3) is 0 Å². The van der Waals surface area contributed by atoms with Gasteiger partial charge in [0.15, 0.2) is 11.5 Å². The van der Waals surface area contributed by atoms with Crippen LogP contribution in [0, 0.1) is 5.92 Å². The molecule has 0 saturated carbocycles. The third-order valence-corrected chi connectivity index (χ3v) is 9.05. The number of para-hydroxylation sites is 1. The van der Waals surface area contributed by atoms with Crippen LogP contribution in [0.4, 0.5) is 5.69 Å². The molecule has 0 bridgehead atoms. The fourth-order valence-electron chi connectivity index (χ4n) is 4.40. The summed E-state index contributed by atoms with van der Waals surface area (Å²) in [7, 11) is -1.44. The number of hydrogen-bond acceptors (Lipinski definition) is 6. The highest BCUT2D eigenvalue weighted by molar-refractivity contribution is 7.92. The number of halogens is 2. The number of ether oxygens (including phenoxy) is 2. The first kappa shape index (κ1) is 34.0. The van der Waals surface area contributed by atoms with E-state index >= 15 is 0 Å². The summed E-state index contributed by atoms with van der Waals surface area (Å²) >= 11 is 12.6. The van der Waals surface area contributed by atoms with E-state index in [4.69, 9.17) is 32.7 Å². The Kier molecular flexibility index (Phi) is 12.1. The Bertz CT molecular complexity index is 1520. The average Bonchev–Trinajstić information content (AvgIpc) is 2.99. The van der Waals surface area contributed by atoms with Crippen LogP contribution < -0.4 is 19.1 Å². The minimum Gasteiger partial charge on any atom is -0.493 e. The molecule has 0 saturated heterocycles. The SMILES string of the molecule is CC[C@@H](C(=O)NCC(C)C)N(Cc1ccc(Cl)cc1Cl)C(=O)CN(c1ccccc1)S(=O)(=O)c1ccc(OC)c(OC)c1. The van der Waals surface area contributed by atoms with Gasteiger partial charge < -0.3 is 19.7 Å². The predicted octanol–water partition coefficient (Wildman–Crippen LogP) is 5.79. The molecule has 0 aliphatic rings. The predicted molar refractivity (Wildman–Crippen MR) is 169 cm³/mol. The fraction of sp³-hybridized carbons (Fsp3) is 0.355. The molecule has 0 radical (unpaired) electrons. The first-order chi connectivity index (χ1) is 20.4. The second-order valence-corrected chi connectivity index (χ2v) is 12.9. The Morgan fingerprint density at radius 1 is 0.930 bits per heavy atom. The van der Waals surface area contributed by atoms with Gasteiger partial charge >= 0.3 is 0 Å². The highest BCUT2D eigenvalue weighted by Crippen LogP contribution is 2.32. The molecular weight excluding hydrogens is 613 g/mol. The zero-order chi connectivity index (χ0) is 31.7. The smallest absolute Gasteiger partial charge is 0.264 e. The second-order valence-electron chi connectivity index (χ2n) is 10.2. The summed E-state index contributed by atoms with van der Waals surface area (Å²) in [5.74, 6) is -0.173. The van der Waals surface area contributed by atoms with Crippen molar-refractivity contribution in [3.63, 3.8) is 0 Å². The Balaban J connectivity index is 2.08. The third-order valence-electron chi connectivity index (χ3n) is 6.69. The number of hydrogen-bond donors (Lipinski definition) is 1. The molecule has 1 atom stereocenters. The van der Waals surface area contributed by atoms with Crippen molar-refractivity contribution in [3.05, 3.63) is 82.3 Å². The lowest BCUT2D eigenvalue weighted by Crippen LogP contribution is -2.52. The van der Waals surface area contributed by atoms with Crippen molar-refractivity contribution >= 4 is 50.7 Å². The summed E-state index contributed by atoms with van der Waals surface area (Å²) in [6, 6.07) is 16.5. The first-order valence-electron chi connectivity index (χ1n) is 13.7. The standard InChI is InChI=1S/C31H37Cl2N3O6S/c1-6-27(31(38)34-18-21(2)3)35(19-22-12-13-23(32)16-26(22)33)30(37)20-36(24-10-8-7-9-11-24)43(39,40)25-14-15-28(41-4)29(17-25)42-5/h7-17,21,27H,6,18-20H2,1-5H3,(H,34,38)/t27-/m0/s1. The van der Waals surface area contributed by atoms with Crippen molar-refractivity contribution in [1.82, 2.24) is 10.2 Å². The third kappa shape index (κ3) is 8.55. The molecule has 0 spiro atoms. The van der Waals surface area contributed by atoms with Crippen molar-refractivity contribution in [1.29, 1.82) is 0 Å².